The Labute approximate surface area is 93.5 Å². The van der Waals surface area contributed by atoms with Crippen LogP contribution >= 0.6 is 11.8 Å². The van der Waals surface area contributed by atoms with E-state index in [2.05, 4.69) is 5.32 Å². The summed E-state index contributed by atoms with van der Waals surface area (Å²) in [5.41, 5.74) is 0.716. The third-order valence-electron chi connectivity index (χ3n) is 1.91. The minimum absolute atomic E-state index is 0.198. The zero-order valence-corrected chi connectivity index (χ0v) is 8.65. The molecule has 16 heavy (non-hydrogen) atoms. The molecule has 0 aromatic heterocycles. The molecule has 0 saturated carbocycles. The number of carbonyl (C=O) groups is 1. The number of hydrogen-bond acceptors (Lipinski definition) is 3. The molecule has 0 aliphatic carbocycles. The summed E-state index contributed by atoms with van der Waals surface area (Å²) in [4.78, 5) is 11.5. The van der Waals surface area contributed by atoms with E-state index in [1.54, 1.807) is 24.3 Å². The SMILES string of the molecule is O=C(C=C1Nc2ccccc2S1)C(F)(F)F. The van der Waals surface area contributed by atoms with Gasteiger partial charge in [-0.25, -0.2) is 0 Å². The monoisotopic (exact) mass is 245 g/mol. The number of para-hydroxylation sites is 1. The van der Waals surface area contributed by atoms with Crippen molar-refractivity contribution >= 4 is 23.2 Å². The van der Waals surface area contributed by atoms with Crippen LogP contribution in [0.15, 0.2) is 40.3 Å². The number of nitrogens with one attached hydrogen (secondary N) is 1. The molecule has 1 aromatic rings. The summed E-state index contributed by atoms with van der Waals surface area (Å²) >= 11 is 1.11. The smallest absolute Gasteiger partial charge is 0.349 e. The number of fused-ring (bicyclic) bond motifs is 1. The number of anilines is 1. The van der Waals surface area contributed by atoms with Crippen LogP contribution < -0.4 is 5.32 Å². The number of thioether (sulfide) groups is 1. The summed E-state index contributed by atoms with van der Waals surface area (Å²) in [5, 5.41) is 2.94. The number of benzene rings is 1. The fourth-order valence-corrected chi connectivity index (χ4v) is 2.14. The summed E-state index contributed by atoms with van der Waals surface area (Å²) in [5.74, 6) is -1.85. The van der Waals surface area contributed by atoms with Gasteiger partial charge in [0, 0.05) is 11.0 Å². The second kappa shape index (κ2) is 3.86. The van der Waals surface area contributed by atoms with Crippen molar-refractivity contribution in [1.82, 2.24) is 0 Å². The third-order valence-corrected chi connectivity index (χ3v) is 2.92. The van der Waals surface area contributed by atoms with Gasteiger partial charge in [-0.2, -0.15) is 13.2 Å². The lowest BCUT2D eigenvalue weighted by molar-refractivity contribution is -0.165. The van der Waals surface area contributed by atoms with Gasteiger partial charge in [0.2, 0.25) is 0 Å². The van der Waals surface area contributed by atoms with Gasteiger partial charge in [0.15, 0.2) is 0 Å². The molecular weight excluding hydrogens is 239 g/mol. The van der Waals surface area contributed by atoms with Crippen molar-refractivity contribution < 1.29 is 18.0 Å². The van der Waals surface area contributed by atoms with Crippen molar-refractivity contribution in [1.29, 1.82) is 0 Å². The van der Waals surface area contributed by atoms with E-state index in [4.69, 9.17) is 0 Å². The van der Waals surface area contributed by atoms with Gasteiger partial charge in [-0.15, -0.1) is 0 Å². The predicted octanol–water partition coefficient (Wildman–Crippen LogP) is 3.18. The molecule has 1 aliphatic heterocycles. The van der Waals surface area contributed by atoms with Crippen LogP contribution in [0.3, 0.4) is 0 Å². The molecule has 84 valence electrons. The largest absolute Gasteiger partial charge is 0.454 e. The highest BCUT2D eigenvalue weighted by molar-refractivity contribution is 8.03. The second-order valence-electron chi connectivity index (χ2n) is 3.09. The Bertz CT molecular complexity index is 440. The Morgan fingerprint density at radius 2 is 2.00 bits per heavy atom. The summed E-state index contributed by atoms with van der Waals surface area (Å²) in [6.07, 6.45) is -4.24. The fraction of sp³-hybridized carbons (Fsp3) is 0.100. The number of rotatable bonds is 1. The van der Waals surface area contributed by atoms with Crippen LogP contribution in [0.1, 0.15) is 0 Å². The number of hydrogen-bond donors (Lipinski definition) is 1. The van der Waals surface area contributed by atoms with Gasteiger partial charge >= 0.3 is 6.18 Å². The van der Waals surface area contributed by atoms with Crippen LogP contribution in [0, 0.1) is 0 Å². The molecule has 2 rings (SSSR count). The van der Waals surface area contributed by atoms with Crippen LogP contribution in [0.2, 0.25) is 0 Å². The number of carbonyl (C=O) groups excluding carboxylic acids is 1. The van der Waals surface area contributed by atoms with Crippen LogP contribution in [0.25, 0.3) is 0 Å². The lowest BCUT2D eigenvalue weighted by atomic mass is 10.3. The van der Waals surface area contributed by atoms with Crippen molar-refractivity contribution in [3.63, 3.8) is 0 Å². The second-order valence-corrected chi connectivity index (χ2v) is 4.18. The number of allylic oxidation sites excluding steroid dienone is 1. The van der Waals surface area contributed by atoms with Crippen molar-refractivity contribution in [3.8, 4) is 0 Å². The first-order valence-corrected chi connectivity index (χ1v) is 5.15. The average Bonchev–Trinajstić information content (AvgIpc) is 2.58. The van der Waals surface area contributed by atoms with E-state index in [1.165, 1.54) is 0 Å². The van der Waals surface area contributed by atoms with Gasteiger partial charge in [0.25, 0.3) is 5.78 Å². The van der Waals surface area contributed by atoms with E-state index in [9.17, 15) is 18.0 Å². The average molecular weight is 245 g/mol. The van der Waals surface area contributed by atoms with Gasteiger partial charge in [-0.1, -0.05) is 23.9 Å². The highest BCUT2D eigenvalue weighted by atomic mass is 32.2. The minimum Gasteiger partial charge on any atom is -0.349 e. The topological polar surface area (TPSA) is 29.1 Å². The number of halogens is 3. The Morgan fingerprint density at radius 3 is 2.62 bits per heavy atom. The number of alkyl halides is 3. The summed E-state index contributed by atoms with van der Waals surface area (Å²) < 4.78 is 36.0. The fourth-order valence-electron chi connectivity index (χ4n) is 1.20. The Balaban J connectivity index is 2.18. The van der Waals surface area contributed by atoms with E-state index < -0.39 is 12.0 Å². The molecule has 1 heterocycles. The van der Waals surface area contributed by atoms with Crippen molar-refractivity contribution in [3.05, 3.63) is 35.4 Å². The zero-order chi connectivity index (χ0) is 11.8. The van der Waals surface area contributed by atoms with Crippen molar-refractivity contribution in [2.24, 2.45) is 0 Å². The molecule has 0 amide bonds. The van der Waals surface area contributed by atoms with E-state index in [-0.39, 0.29) is 5.03 Å². The molecular formula is C10H6F3NOS. The molecule has 0 unspecified atom stereocenters. The summed E-state index contributed by atoms with van der Waals surface area (Å²) in [7, 11) is 0. The molecule has 6 heteroatoms. The zero-order valence-electron chi connectivity index (χ0n) is 7.84. The third kappa shape index (κ3) is 2.21. The van der Waals surface area contributed by atoms with Gasteiger partial charge in [-0.05, 0) is 12.1 Å². The van der Waals surface area contributed by atoms with Crippen molar-refractivity contribution in [2.75, 3.05) is 5.32 Å². The molecule has 1 aliphatic rings. The van der Waals surface area contributed by atoms with Crippen LogP contribution in [-0.2, 0) is 4.79 Å². The van der Waals surface area contributed by atoms with Gasteiger partial charge < -0.3 is 5.32 Å². The van der Waals surface area contributed by atoms with Crippen LogP contribution in [0.4, 0.5) is 18.9 Å². The minimum atomic E-state index is -4.82. The molecule has 0 atom stereocenters. The quantitative estimate of drug-likeness (QED) is 0.770. The van der Waals surface area contributed by atoms with E-state index >= 15 is 0 Å². The van der Waals surface area contributed by atoms with E-state index in [1.807, 2.05) is 0 Å². The highest BCUT2D eigenvalue weighted by Gasteiger charge is 2.37. The lowest BCUT2D eigenvalue weighted by Gasteiger charge is -2.01. The Kier molecular flexibility index (Phi) is 2.67. The standard InChI is InChI=1S/C10H6F3NOS/c11-10(12,13)8(15)5-9-14-6-3-1-2-4-7(6)16-9/h1-5,14H. The molecule has 0 spiro atoms. The van der Waals surface area contributed by atoms with E-state index in [0.29, 0.717) is 11.8 Å². The molecule has 0 saturated heterocycles. The molecule has 0 bridgehead atoms. The Hall–Kier alpha value is -1.43. The molecule has 1 N–H and O–H groups in total. The maximum absolute atomic E-state index is 12.0. The Morgan fingerprint density at radius 1 is 1.31 bits per heavy atom. The summed E-state index contributed by atoms with van der Waals surface area (Å²) in [6.45, 7) is 0. The summed E-state index contributed by atoms with van der Waals surface area (Å²) in [6, 6.07) is 7.05. The molecule has 2 nitrogen and oxygen atoms in total. The first-order chi connectivity index (χ1) is 7.47. The maximum Gasteiger partial charge on any atom is 0.454 e. The lowest BCUT2D eigenvalue weighted by Crippen LogP contribution is -2.20. The predicted molar refractivity (Wildman–Crippen MR) is 55.1 cm³/mol. The highest BCUT2D eigenvalue weighted by Crippen LogP contribution is 2.40. The molecule has 0 radical (unpaired) electrons. The normalized spacial score (nSPS) is 17.1. The van der Waals surface area contributed by atoms with E-state index in [0.717, 1.165) is 16.7 Å². The van der Waals surface area contributed by atoms with Crippen LogP contribution in [-0.4, -0.2) is 12.0 Å². The van der Waals surface area contributed by atoms with Gasteiger partial charge in [0.05, 0.1) is 10.7 Å². The first kappa shape index (κ1) is 11.1. The molecule has 1 aromatic carbocycles. The van der Waals surface area contributed by atoms with Crippen molar-refractivity contribution in [2.45, 2.75) is 11.1 Å². The number of ketones is 1. The maximum atomic E-state index is 12.0. The van der Waals surface area contributed by atoms with Gasteiger partial charge in [0.1, 0.15) is 0 Å². The first-order valence-electron chi connectivity index (χ1n) is 4.33. The van der Waals surface area contributed by atoms with Crippen LogP contribution in [0.5, 0.6) is 0 Å². The van der Waals surface area contributed by atoms with Gasteiger partial charge in [-0.3, -0.25) is 4.79 Å². The molecule has 0 fully saturated rings.